The van der Waals surface area contributed by atoms with Crippen molar-refractivity contribution in [3.05, 3.63) is 47.0 Å². The van der Waals surface area contributed by atoms with Crippen molar-refractivity contribution in [1.29, 1.82) is 0 Å². The number of rotatable bonds is 9. The first-order valence-corrected chi connectivity index (χ1v) is 9.86. The molecule has 172 valence electrons. The van der Waals surface area contributed by atoms with Gasteiger partial charge in [-0.2, -0.15) is 0 Å². The lowest BCUT2D eigenvalue weighted by molar-refractivity contribution is -0.152. The smallest absolute Gasteiger partial charge is 0.326 e. The van der Waals surface area contributed by atoms with E-state index in [2.05, 4.69) is 10.6 Å². The molecule has 0 saturated heterocycles. The number of anilines is 1. The van der Waals surface area contributed by atoms with E-state index >= 15 is 0 Å². The van der Waals surface area contributed by atoms with Gasteiger partial charge in [0.25, 0.3) is 11.8 Å². The molecule has 2 amide bonds. The van der Waals surface area contributed by atoms with Crippen molar-refractivity contribution >= 4 is 23.5 Å². The lowest BCUT2D eigenvalue weighted by Crippen LogP contribution is -2.36. The van der Waals surface area contributed by atoms with Gasteiger partial charge in [0, 0.05) is 11.3 Å². The Morgan fingerprint density at radius 2 is 1.50 bits per heavy atom. The number of ether oxygens (including phenoxy) is 4. The Bertz CT molecular complexity index is 959. The first-order valence-electron chi connectivity index (χ1n) is 9.86. The van der Waals surface area contributed by atoms with Gasteiger partial charge < -0.3 is 29.6 Å². The van der Waals surface area contributed by atoms with Crippen LogP contribution in [0.2, 0.25) is 0 Å². The predicted octanol–water partition coefficient (Wildman–Crippen LogP) is 2.63. The number of amides is 2. The molecule has 32 heavy (non-hydrogen) atoms. The van der Waals surface area contributed by atoms with E-state index in [0.717, 1.165) is 11.1 Å². The molecule has 0 bridgehead atoms. The zero-order valence-electron chi connectivity index (χ0n) is 19.0. The Morgan fingerprint density at radius 3 is 2.00 bits per heavy atom. The molecule has 0 heterocycles. The first-order chi connectivity index (χ1) is 15.2. The molecule has 2 rings (SSSR count). The van der Waals surface area contributed by atoms with Gasteiger partial charge in [0.1, 0.15) is 6.54 Å². The number of methoxy groups -OCH3 is 3. The summed E-state index contributed by atoms with van der Waals surface area (Å²) in [5.41, 5.74) is 2.67. The lowest BCUT2D eigenvalue weighted by atomic mass is 10.1. The van der Waals surface area contributed by atoms with E-state index in [-0.39, 0.29) is 5.56 Å². The van der Waals surface area contributed by atoms with Crippen LogP contribution < -0.4 is 24.8 Å². The minimum absolute atomic E-state index is 0.202. The highest BCUT2D eigenvalue weighted by atomic mass is 16.5. The number of benzene rings is 2. The fourth-order valence-corrected chi connectivity index (χ4v) is 3.00. The molecule has 1 atom stereocenters. The van der Waals surface area contributed by atoms with E-state index < -0.39 is 30.4 Å². The average Bonchev–Trinajstić information content (AvgIpc) is 2.78. The minimum atomic E-state index is -1.04. The van der Waals surface area contributed by atoms with Gasteiger partial charge in [-0.1, -0.05) is 18.2 Å². The number of esters is 1. The normalized spacial score (nSPS) is 11.2. The zero-order valence-corrected chi connectivity index (χ0v) is 19.0. The maximum Gasteiger partial charge on any atom is 0.326 e. The van der Waals surface area contributed by atoms with E-state index in [1.54, 1.807) is 0 Å². The van der Waals surface area contributed by atoms with Gasteiger partial charge >= 0.3 is 5.97 Å². The van der Waals surface area contributed by atoms with Gasteiger partial charge in [-0.3, -0.25) is 14.4 Å². The third-order valence-corrected chi connectivity index (χ3v) is 4.73. The highest BCUT2D eigenvalue weighted by molar-refractivity contribution is 5.98. The molecule has 0 saturated carbocycles. The Labute approximate surface area is 187 Å². The highest BCUT2D eigenvalue weighted by Gasteiger charge is 2.21. The molecule has 0 radical (unpaired) electrons. The fourth-order valence-electron chi connectivity index (χ4n) is 3.00. The van der Waals surface area contributed by atoms with Crippen molar-refractivity contribution in [1.82, 2.24) is 5.32 Å². The van der Waals surface area contributed by atoms with Crippen LogP contribution in [0.15, 0.2) is 30.3 Å². The third-order valence-electron chi connectivity index (χ3n) is 4.73. The van der Waals surface area contributed by atoms with Crippen LogP contribution in [-0.2, 0) is 14.3 Å². The summed E-state index contributed by atoms with van der Waals surface area (Å²) >= 11 is 0. The summed E-state index contributed by atoms with van der Waals surface area (Å²) in [6.45, 7) is 4.79. The molecule has 2 N–H and O–H groups in total. The summed E-state index contributed by atoms with van der Waals surface area (Å²) in [7, 11) is 4.32. The third kappa shape index (κ3) is 5.90. The van der Waals surface area contributed by atoms with Crippen LogP contribution in [0.5, 0.6) is 17.2 Å². The molecule has 0 aliphatic rings. The second-order valence-electron chi connectivity index (χ2n) is 6.98. The van der Waals surface area contributed by atoms with Crippen LogP contribution in [-0.4, -0.2) is 51.8 Å². The van der Waals surface area contributed by atoms with Gasteiger partial charge in [0.05, 0.1) is 21.3 Å². The quantitative estimate of drug-likeness (QED) is 0.572. The molecule has 9 heteroatoms. The van der Waals surface area contributed by atoms with Crippen LogP contribution in [0, 0.1) is 13.8 Å². The lowest BCUT2D eigenvalue weighted by Gasteiger charge is -2.16. The topological polar surface area (TPSA) is 112 Å². The molecule has 0 aromatic heterocycles. The second kappa shape index (κ2) is 11.0. The first kappa shape index (κ1) is 24.5. The average molecular weight is 444 g/mol. The minimum Gasteiger partial charge on any atom is -0.493 e. The number of para-hydroxylation sites is 1. The van der Waals surface area contributed by atoms with Crippen LogP contribution in [0.25, 0.3) is 0 Å². The van der Waals surface area contributed by atoms with E-state index in [1.807, 2.05) is 32.0 Å². The Hall–Kier alpha value is -3.75. The van der Waals surface area contributed by atoms with Crippen molar-refractivity contribution < 1.29 is 33.3 Å². The van der Waals surface area contributed by atoms with Crippen molar-refractivity contribution in [2.75, 3.05) is 33.2 Å². The van der Waals surface area contributed by atoms with E-state index in [1.165, 1.54) is 40.4 Å². The predicted molar refractivity (Wildman–Crippen MR) is 119 cm³/mol. The maximum atomic E-state index is 12.5. The summed E-state index contributed by atoms with van der Waals surface area (Å²) in [6, 6.07) is 8.56. The second-order valence-corrected chi connectivity index (χ2v) is 6.98. The summed E-state index contributed by atoms with van der Waals surface area (Å²) < 4.78 is 20.8. The molecular weight excluding hydrogens is 416 g/mol. The van der Waals surface area contributed by atoms with Crippen molar-refractivity contribution in [2.24, 2.45) is 0 Å². The van der Waals surface area contributed by atoms with Gasteiger partial charge in [-0.15, -0.1) is 0 Å². The summed E-state index contributed by atoms with van der Waals surface area (Å²) in [5.74, 6) is -0.821. The van der Waals surface area contributed by atoms with Crippen molar-refractivity contribution in [3.8, 4) is 17.2 Å². The molecule has 0 aliphatic carbocycles. The van der Waals surface area contributed by atoms with Crippen LogP contribution in [0.3, 0.4) is 0 Å². The molecule has 2 aromatic rings. The number of carbonyl (C=O) groups excluding carboxylic acids is 3. The number of carbonyl (C=O) groups is 3. The Kier molecular flexibility index (Phi) is 8.46. The number of hydrogen-bond acceptors (Lipinski definition) is 7. The highest BCUT2D eigenvalue weighted by Crippen LogP contribution is 2.38. The van der Waals surface area contributed by atoms with Crippen LogP contribution in [0.4, 0.5) is 5.69 Å². The summed E-state index contributed by atoms with van der Waals surface area (Å²) in [4.78, 5) is 37.0. The standard InChI is InChI=1S/C23H28N2O7/c1-13-8-7-9-14(2)20(13)25-22(27)15(3)32-19(26)12-24-23(28)16-10-17(29-4)21(31-6)18(11-16)30-5/h7-11,15H,12H2,1-6H3,(H,24,28)(H,25,27). The van der Waals surface area contributed by atoms with Crippen molar-refractivity contribution in [3.63, 3.8) is 0 Å². The summed E-state index contributed by atoms with van der Waals surface area (Å²) in [5, 5.41) is 5.22. The molecule has 1 unspecified atom stereocenters. The number of nitrogens with one attached hydrogen (secondary N) is 2. The van der Waals surface area contributed by atoms with E-state index in [4.69, 9.17) is 18.9 Å². The van der Waals surface area contributed by atoms with Crippen LogP contribution >= 0.6 is 0 Å². The molecule has 0 fully saturated rings. The zero-order chi connectivity index (χ0) is 23.8. The van der Waals surface area contributed by atoms with Gasteiger partial charge in [0.2, 0.25) is 5.75 Å². The molecule has 2 aromatic carbocycles. The monoisotopic (exact) mass is 444 g/mol. The Balaban J connectivity index is 1.96. The summed E-state index contributed by atoms with van der Waals surface area (Å²) in [6.07, 6.45) is -1.04. The Morgan fingerprint density at radius 1 is 0.938 bits per heavy atom. The molecule has 9 nitrogen and oxygen atoms in total. The van der Waals surface area contributed by atoms with E-state index in [0.29, 0.717) is 22.9 Å². The maximum absolute atomic E-state index is 12.5. The molecule has 0 spiro atoms. The van der Waals surface area contributed by atoms with E-state index in [9.17, 15) is 14.4 Å². The van der Waals surface area contributed by atoms with Crippen LogP contribution in [0.1, 0.15) is 28.4 Å². The van der Waals surface area contributed by atoms with Gasteiger partial charge in [-0.05, 0) is 44.0 Å². The van der Waals surface area contributed by atoms with Gasteiger partial charge in [-0.25, -0.2) is 0 Å². The van der Waals surface area contributed by atoms with Gasteiger partial charge in [0.15, 0.2) is 17.6 Å². The molecule has 0 aliphatic heterocycles. The molecular formula is C23H28N2O7. The van der Waals surface area contributed by atoms with Crippen molar-refractivity contribution in [2.45, 2.75) is 26.9 Å². The number of aryl methyl sites for hydroxylation is 2. The largest absolute Gasteiger partial charge is 0.493 e. The fraction of sp³-hybridized carbons (Fsp3) is 0.348. The SMILES string of the molecule is COc1cc(C(=O)NCC(=O)OC(C)C(=O)Nc2c(C)cccc2C)cc(OC)c1OC. The number of hydrogen-bond donors (Lipinski definition) is 2.